The van der Waals surface area contributed by atoms with Crippen molar-refractivity contribution < 1.29 is 0 Å². The van der Waals surface area contributed by atoms with Crippen molar-refractivity contribution in [1.82, 2.24) is 15.3 Å². The van der Waals surface area contributed by atoms with Crippen molar-refractivity contribution >= 4 is 11.6 Å². The molecule has 5 heteroatoms. The first kappa shape index (κ1) is 15.5. The molecule has 1 aromatic heterocycles. The van der Waals surface area contributed by atoms with Gasteiger partial charge in [-0.15, -0.1) is 0 Å². The van der Waals surface area contributed by atoms with Crippen LogP contribution in [0, 0.1) is 11.3 Å². The summed E-state index contributed by atoms with van der Waals surface area (Å²) in [5, 5.41) is 7.08. The molecule has 0 bridgehead atoms. The van der Waals surface area contributed by atoms with E-state index in [0.29, 0.717) is 11.5 Å². The molecule has 0 amide bonds. The van der Waals surface area contributed by atoms with Gasteiger partial charge < -0.3 is 15.5 Å². The molecule has 3 rings (SSSR count). The summed E-state index contributed by atoms with van der Waals surface area (Å²) < 4.78 is 0. The topological polar surface area (TPSA) is 53.1 Å². The van der Waals surface area contributed by atoms with Crippen molar-refractivity contribution in [3.8, 4) is 0 Å². The van der Waals surface area contributed by atoms with Gasteiger partial charge in [-0.1, -0.05) is 20.8 Å². The van der Waals surface area contributed by atoms with E-state index in [-0.39, 0.29) is 0 Å². The predicted molar refractivity (Wildman–Crippen MR) is 91.3 cm³/mol. The van der Waals surface area contributed by atoms with Crippen molar-refractivity contribution in [2.75, 3.05) is 36.4 Å². The smallest absolute Gasteiger partial charge is 0.134 e. The maximum absolute atomic E-state index is 4.48. The summed E-state index contributed by atoms with van der Waals surface area (Å²) in [6.07, 6.45) is 5.46. The van der Waals surface area contributed by atoms with E-state index in [9.17, 15) is 0 Å². The van der Waals surface area contributed by atoms with Gasteiger partial charge in [0.05, 0.1) is 0 Å². The zero-order valence-corrected chi connectivity index (χ0v) is 14.1. The molecular formula is C17H29N5. The van der Waals surface area contributed by atoms with Crippen LogP contribution in [0.2, 0.25) is 0 Å². The van der Waals surface area contributed by atoms with Gasteiger partial charge in [0.1, 0.15) is 18.0 Å². The van der Waals surface area contributed by atoms with Gasteiger partial charge in [0.2, 0.25) is 0 Å². The summed E-state index contributed by atoms with van der Waals surface area (Å²) in [4.78, 5) is 11.2. The highest BCUT2D eigenvalue weighted by Crippen LogP contribution is 2.28. The Hall–Kier alpha value is -1.36. The molecule has 2 fully saturated rings. The van der Waals surface area contributed by atoms with Crippen molar-refractivity contribution in [2.45, 2.75) is 46.1 Å². The molecule has 0 aliphatic carbocycles. The molecule has 5 nitrogen and oxygen atoms in total. The maximum Gasteiger partial charge on any atom is 0.134 e. The molecule has 2 aliphatic heterocycles. The quantitative estimate of drug-likeness (QED) is 0.895. The largest absolute Gasteiger partial charge is 0.370 e. The molecule has 1 aromatic rings. The van der Waals surface area contributed by atoms with E-state index in [1.54, 1.807) is 6.33 Å². The molecule has 2 N–H and O–H groups in total. The van der Waals surface area contributed by atoms with E-state index in [1.807, 2.05) is 0 Å². The van der Waals surface area contributed by atoms with Gasteiger partial charge in [-0.05, 0) is 37.1 Å². The standard InChI is InChI=1S/C17H29N5/c1-17(2,3)6-8-19-15-9-16(21-12-20-15)22-10-13-5-4-7-18-14(13)11-22/h9,12-14,18H,4-8,10-11H2,1-3H3,(H,19,20,21)/t13-,14+/m1/s1. The zero-order valence-electron chi connectivity index (χ0n) is 14.1. The Balaban J connectivity index is 1.59. The van der Waals surface area contributed by atoms with Gasteiger partial charge in [-0.3, -0.25) is 0 Å². The lowest BCUT2D eigenvalue weighted by atomic mass is 9.92. The third-order valence-electron chi connectivity index (χ3n) is 4.76. The summed E-state index contributed by atoms with van der Waals surface area (Å²) in [6, 6.07) is 2.74. The summed E-state index contributed by atoms with van der Waals surface area (Å²) in [5.74, 6) is 2.78. The summed E-state index contributed by atoms with van der Waals surface area (Å²) in [7, 11) is 0. The van der Waals surface area contributed by atoms with E-state index in [0.717, 1.165) is 43.6 Å². The molecule has 2 aliphatic rings. The summed E-state index contributed by atoms with van der Waals surface area (Å²) in [5.41, 5.74) is 0.346. The predicted octanol–water partition coefficient (Wildman–Crippen LogP) is 2.51. The highest BCUT2D eigenvalue weighted by Gasteiger charge is 2.34. The minimum Gasteiger partial charge on any atom is -0.370 e. The van der Waals surface area contributed by atoms with E-state index in [1.165, 1.54) is 19.4 Å². The van der Waals surface area contributed by atoms with Crippen LogP contribution in [0.15, 0.2) is 12.4 Å². The van der Waals surface area contributed by atoms with Crippen LogP contribution in [-0.4, -0.2) is 42.2 Å². The van der Waals surface area contributed by atoms with Crippen molar-refractivity contribution in [3.05, 3.63) is 12.4 Å². The third-order valence-corrected chi connectivity index (χ3v) is 4.76. The second-order valence-electron chi connectivity index (χ2n) is 7.87. The lowest BCUT2D eigenvalue weighted by Crippen LogP contribution is -2.40. The number of piperidine rings is 1. The monoisotopic (exact) mass is 303 g/mol. The fourth-order valence-corrected chi connectivity index (χ4v) is 3.42. The van der Waals surface area contributed by atoms with Crippen LogP contribution < -0.4 is 15.5 Å². The highest BCUT2D eigenvalue weighted by molar-refractivity contribution is 5.49. The van der Waals surface area contributed by atoms with Gasteiger partial charge in [0.25, 0.3) is 0 Å². The highest BCUT2D eigenvalue weighted by atomic mass is 15.3. The minimum atomic E-state index is 0.346. The number of nitrogens with zero attached hydrogens (tertiary/aromatic N) is 3. The number of rotatable bonds is 4. The molecule has 0 radical (unpaired) electrons. The van der Waals surface area contributed by atoms with Crippen LogP contribution >= 0.6 is 0 Å². The maximum atomic E-state index is 4.48. The first-order chi connectivity index (χ1) is 10.5. The van der Waals surface area contributed by atoms with Crippen molar-refractivity contribution in [3.63, 3.8) is 0 Å². The van der Waals surface area contributed by atoms with Crippen LogP contribution in [-0.2, 0) is 0 Å². The first-order valence-corrected chi connectivity index (χ1v) is 8.55. The molecule has 2 saturated heterocycles. The molecule has 3 heterocycles. The van der Waals surface area contributed by atoms with E-state index < -0.39 is 0 Å². The SMILES string of the molecule is CC(C)(C)CCNc1cc(N2C[C@H]3CCCN[C@H]3C2)ncn1. The second kappa shape index (κ2) is 6.41. The number of fused-ring (bicyclic) bond motifs is 1. The fraction of sp³-hybridized carbons (Fsp3) is 0.765. The zero-order chi connectivity index (χ0) is 15.6. The van der Waals surface area contributed by atoms with E-state index in [4.69, 9.17) is 0 Å². The Bertz CT molecular complexity index is 482. The molecule has 122 valence electrons. The summed E-state index contributed by atoms with van der Waals surface area (Å²) in [6.45, 7) is 11.1. The first-order valence-electron chi connectivity index (χ1n) is 8.55. The lowest BCUT2D eigenvalue weighted by Gasteiger charge is -2.24. The van der Waals surface area contributed by atoms with Crippen molar-refractivity contribution in [1.29, 1.82) is 0 Å². The number of hydrogen-bond donors (Lipinski definition) is 2. The normalized spacial score (nSPS) is 25.1. The number of hydrogen-bond acceptors (Lipinski definition) is 5. The van der Waals surface area contributed by atoms with Crippen LogP contribution in [0.3, 0.4) is 0 Å². The number of aromatic nitrogens is 2. The Labute approximate surface area is 133 Å². The van der Waals surface area contributed by atoms with Gasteiger partial charge in [0, 0.05) is 31.7 Å². The molecule has 0 unspecified atom stereocenters. The molecular weight excluding hydrogens is 274 g/mol. The van der Waals surface area contributed by atoms with E-state index >= 15 is 0 Å². The Morgan fingerprint density at radius 1 is 1.32 bits per heavy atom. The van der Waals surface area contributed by atoms with Gasteiger partial charge in [-0.25, -0.2) is 9.97 Å². The Morgan fingerprint density at radius 2 is 2.18 bits per heavy atom. The third kappa shape index (κ3) is 3.88. The molecule has 22 heavy (non-hydrogen) atoms. The summed E-state index contributed by atoms with van der Waals surface area (Å²) >= 11 is 0. The Kier molecular flexibility index (Phi) is 4.52. The molecule has 0 spiro atoms. The van der Waals surface area contributed by atoms with Crippen LogP contribution in [0.4, 0.5) is 11.6 Å². The molecule has 2 atom stereocenters. The molecule has 0 saturated carbocycles. The minimum absolute atomic E-state index is 0.346. The average molecular weight is 303 g/mol. The van der Waals surface area contributed by atoms with Gasteiger partial charge >= 0.3 is 0 Å². The fourth-order valence-electron chi connectivity index (χ4n) is 3.42. The van der Waals surface area contributed by atoms with Crippen LogP contribution in [0.25, 0.3) is 0 Å². The number of nitrogens with one attached hydrogen (secondary N) is 2. The van der Waals surface area contributed by atoms with Gasteiger partial charge in [-0.2, -0.15) is 0 Å². The number of anilines is 2. The van der Waals surface area contributed by atoms with Crippen LogP contribution in [0.5, 0.6) is 0 Å². The lowest BCUT2D eigenvalue weighted by molar-refractivity contribution is 0.340. The average Bonchev–Trinajstić information content (AvgIpc) is 2.90. The second-order valence-corrected chi connectivity index (χ2v) is 7.87. The van der Waals surface area contributed by atoms with Crippen LogP contribution in [0.1, 0.15) is 40.0 Å². The Morgan fingerprint density at radius 3 is 2.95 bits per heavy atom. The van der Waals surface area contributed by atoms with Crippen molar-refractivity contribution in [2.24, 2.45) is 11.3 Å². The molecule has 0 aromatic carbocycles. The van der Waals surface area contributed by atoms with E-state index in [2.05, 4.69) is 52.3 Å². The van der Waals surface area contributed by atoms with Gasteiger partial charge in [0.15, 0.2) is 0 Å².